The van der Waals surface area contributed by atoms with Crippen LogP contribution in [0, 0.1) is 5.92 Å². The summed E-state index contributed by atoms with van der Waals surface area (Å²) in [5, 5.41) is 0. The van der Waals surface area contributed by atoms with Crippen molar-refractivity contribution in [1.29, 1.82) is 0 Å². The predicted octanol–water partition coefficient (Wildman–Crippen LogP) is 2.89. The van der Waals surface area contributed by atoms with E-state index in [0.29, 0.717) is 5.56 Å². The monoisotopic (exact) mass is 352 g/mol. The Bertz CT molecular complexity index is 761. The first-order valence-electron chi connectivity index (χ1n) is 8.86. The van der Waals surface area contributed by atoms with Crippen molar-refractivity contribution in [3.8, 4) is 5.75 Å². The van der Waals surface area contributed by atoms with Gasteiger partial charge in [0, 0.05) is 23.6 Å². The molecule has 0 bridgehead atoms. The van der Waals surface area contributed by atoms with Crippen LogP contribution < -0.4 is 10.5 Å². The third kappa shape index (κ3) is 4.29. The van der Waals surface area contributed by atoms with Crippen LogP contribution in [0.2, 0.25) is 0 Å². The van der Waals surface area contributed by atoms with Crippen LogP contribution in [0.1, 0.15) is 39.1 Å². The maximum absolute atomic E-state index is 12.7. The van der Waals surface area contributed by atoms with Crippen molar-refractivity contribution in [1.82, 2.24) is 4.90 Å². The lowest BCUT2D eigenvalue weighted by molar-refractivity contribution is 0.0834. The lowest BCUT2D eigenvalue weighted by Crippen LogP contribution is -2.36. The van der Waals surface area contributed by atoms with E-state index < -0.39 is 5.91 Å². The van der Waals surface area contributed by atoms with E-state index in [2.05, 4.69) is 4.90 Å². The largest absolute Gasteiger partial charge is 0.497 e. The molecule has 26 heavy (non-hydrogen) atoms. The summed E-state index contributed by atoms with van der Waals surface area (Å²) in [5.41, 5.74) is 7.70. The summed E-state index contributed by atoms with van der Waals surface area (Å²) in [6, 6.07) is 14.7. The van der Waals surface area contributed by atoms with E-state index in [-0.39, 0.29) is 11.7 Å². The molecule has 1 aliphatic rings. The van der Waals surface area contributed by atoms with Gasteiger partial charge < -0.3 is 10.5 Å². The van der Waals surface area contributed by atoms with Gasteiger partial charge in [0.25, 0.3) is 0 Å². The van der Waals surface area contributed by atoms with Crippen molar-refractivity contribution in [3.05, 3.63) is 65.2 Å². The van der Waals surface area contributed by atoms with Gasteiger partial charge >= 0.3 is 0 Å². The number of ketones is 1. The van der Waals surface area contributed by atoms with Gasteiger partial charge in [-0.05, 0) is 67.9 Å². The summed E-state index contributed by atoms with van der Waals surface area (Å²) >= 11 is 0. The number of carbonyl (C=O) groups is 2. The Morgan fingerprint density at radius 1 is 1.00 bits per heavy atom. The molecule has 5 heteroatoms. The fourth-order valence-corrected chi connectivity index (χ4v) is 3.38. The number of hydrogen-bond acceptors (Lipinski definition) is 4. The Hall–Kier alpha value is -2.66. The Labute approximate surface area is 153 Å². The fraction of sp³-hybridized carbons (Fsp3) is 0.333. The quantitative estimate of drug-likeness (QED) is 0.812. The molecular formula is C21H24N2O3. The lowest BCUT2D eigenvalue weighted by Gasteiger charge is -2.31. The number of nitrogens with zero attached hydrogens (tertiary/aromatic N) is 1. The van der Waals surface area contributed by atoms with Crippen LogP contribution >= 0.6 is 0 Å². The molecule has 5 nitrogen and oxygen atoms in total. The van der Waals surface area contributed by atoms with Crippen LogP contribution in [0.5, 0.6) is 5.75 Å². The highest BCUT2D eigenvalue weighted by atomic mass is 16.5. The summed E-state index contributed by atoms with van der Waals surface area (Å²) in [4.78, 5) is 26.1. The van der Waals surface area contributed by atoms with Crippen molar-refractivity contribution < 1.29 is 14.3 Å². The minimum Gasteiger partial charge on any atom is -0.497 e. The Morgan fingerprint density at radius 3 is 2.12 bits per heavy atom. The summed E-state index contributed by atoms with van der Waals surface area (Å²) in [5.74, 6) is 0.656. The van der Waals surface area contributed by atoms with Crippen LogP contribution in [0.3, 0.4) is 0 Å². The van der Waals surface area contributed by atoms with Gasteiger partial charge in [-0.15, -0.1) is 0 Å². The average molecular weight is 352 g/mol. The standard InChI is InChI=1S/C21H24N2O3/c1-26-19-8-6-16(7-9-19)20(24)17-10-12-23(13-11-17)14-15-2-4-18(5-3-15)21(22)25/h2-9,17H,10-14H2,1H3,(H2,22,25). The topological polar surface area (TPSA) is 72.6 Å². The second kappa shape index (κ2) is 8.15. The number of amides is 1. The second-order valence-corrected chi connectivity index (χ2v) is 6.70. The first kappa shape index (κ1) is 18.1. The number of hydrogen-bond donors (Lipinski definition) is 1. The molecule has 0 radical (unpaired) electrons. The highest BCUT2D eigenvalue weighted by molar-refractivity contribution is 5.98. The molecule has 0 spiro atoms. The zero-order valence-electron chi connectivity index (χ0n) is 15.0. The molecule has 2 aromatic carbocycles. The van der Waals surface area contributed by atoms with E-state index in [1.54, 1.807) is 19.2 Å². The SMILES string of the molecule is COc1ccc(C(=O)C2CCN(Cc3ccc(C(N)=O)cc3)CC2)cc1. The molecule has 1 heterocycles. The van der Waals surface area contributed by atoms with E-state index in [1.807, 2.05) is 36.4 Å². The van der Waals surface area contributed by atoms with Gasteiger partial charge in [0.05, 0.1) is 7.11 Å². The number of nitrogens with two attached hydrogens (primary N) is 1. The van der Waals surface area contributed by atoms with Gasteiger partial charge in [-0.2, -0.15) is 0 Å². The molecule has 0 saturated carbocycles. The zero-order chi connectivity index (χ0) is 18.5. The molecule has 2 N–H and O–H groups in total. The second-order valence-electron chi connectivity index (χ2n) is 6.70. The first-order valence-corrected chi connectivity index (χ1v) is 8.86. The fourth-order valence-electron chi connectivity index (χ4n) is 3.38. The normalized spacial score (nSPS) is 15.6. The van der Waals surface area contributed by atoms with E-state index in [0.717, 1.165) is 49.4 Å². The molecule has 2 aromatic rings. The molecule has 1 saturated heterocycles. The maximum atomic E-state index is 12.7. The van der Waals surface area contributed by atoms with Gasteiger partial charge in [0.1, 0.15) is 5.75 Å². The van der Waals surface area contributed by atoms with Gasteiger partial charge in [-0.25, -0.2) is 0 Å². The van der Waals surface area contributed by atoms with Crippen molar-refractivity contribution in [3.63, 3.8) is 0 Å². The van der Waals surface area contributed by atoms with Crippen molar-refractivity contribution in [2.45, 2.75) is 19.4 Å². The molecule has 0 aromatic heterocycles. The predicted molar refractivity (Wildman–Crippen MR) is 100 cm³/mol. The third-order valence-corrected chi connectivity index (χ3v) is 4.98. The number of benzene rings is 2. The smallest absolute Gasteiger partial charge is 0.248 e. The minimum absolute atomic E-state index is 0.0804. The van der Waals surface area contributed by atoms with Gasteiger partial charge in [0.15, 0.2) is 5.78 Å². The Kier molecular flexibility index (Phi) is 5.68. The summed E-state index contributed by atoms with van der Waals surface area (Å²) < 4.78 is 5.14. The molecule has 1 aliphatic heterocycles. The molecule has 0 unspecified atom stereocenters. The summed E-state index contributed by atoms with van der Waals surface area (Å²) in [6.07, 6.45) is 1.73. The van der Waals surface area contributed by atoms with Gasteiger partial charge in [-0.1, -0.05) is 12.1 Å². The number of primary amides is 1. The maximum Gasteiger partial charge on any atom is 0.248 e. The third-order valence-electron chi connectivity index (χ3n) is 4.98. The lowest BCUT2D eigenvalue weighted by atomic mass is 9.88. The highest BCUT2D eigenvalue weighted by Crippen LogP contribution is 2.24. The molecule has 3 rings (SSSR count). The molecule has 0 atom stereocenters. The molecule has 1 amide bonds. The van der Waals surface area contributed by atoms with E-state index >= 15 is 0 Å². The minimum atomic E-state index is -0.408. The van der Waals surface area contributed by atoms with E-state index in [4.69, 9.17) is 10.5 Å². The van der Waals surface area contributed by atoms with Gasteiger partial charge in [-0.3, -0.25) is 14.5 Å². The number of Topliss-reactive ketones (excluding diaryl/α,β-unsaturated/α-hetero) is 1. The Morgan fingerprint density at radius 2 is 1.58 bits per heavy atom. The van der Waals surface area contributed by atoms with Crippen molar-refractivity contribution in [2.24, 2.45) is 11.7 Å². The Balaban J connectivity index is 1.53. The number of rotatable bonds is 6. The van der Waals surface area contributed by atoms with Crippen LogP contribution in [0.4, 0.5) is 0 Å². The summed E-state index contributed by atoms with van der Waals surface area (Å²) in [7, 11) is 1.62. The van der Waals surface area contributed by atoms with E-state index in [9.17, 15) is 9.59 Å². The first-order chi connectivity index (χ1) is 12.6. The number of ether oxygens (including phenoxy) is 1. The molecular weight excluding hydrogens is 328 g/mol. The number of piperidine rings is 1. The highest BCUT2D eigenvalue weighted by Gasteiger charge is 2.25. The number of methoxy groups -OCH3 is 1. The van der Waals surface area contributed by atoms with Crippen LogP contribution in [0.15, 0.2) is 48.5 Å². The molecule has 1 fully saturated rings. The zero-order valence-corrected chi connectivity index (χ0v) is 15.0. The molecule has 0 aliphatic carbocycles. The van der Waals surface area contributed by atoms with Crippen LogP contribution in [-0.2, 0) is 6.54 Å². The van der Waals surface area contributed by atoms with Crippen molar-refractivity contribution in [2.75, 3.05) is 20.2 Å². The average Bonchev–Trinajstić information content (AvgIpc) is 2.68. The van der Waals surface area contributed by atoms with Crippen LogP contribution in [-0.4, -0.2) is 36.8 Å². The van der Waals surface area contributed by atoms with Gasteiger partial charge in [0.2, 0.25) is 5.91 Å². The number of likely N-dealkylation sites (tertiary alicyclic amines) is 1. The van der Waals surface area contributed by atoms with E-state index in [1.165, 1.54) is 0 Å². The van der Waals surface area contributed by atoms with Crippen molar-refractivity contribution >= 4 is 11.7 Å². The summed E-state index contributed by atoms with van der Waals surface area (Å²) in [6.45, 7) is 2.61. The number of carbonyl (C=O) groups excluding carboxylic acids is 2. The molecule has 136 valence electrons. The van der Waals surface area contributed by atoms with Crippen LogP contribution in [0.25, 0.3) is 0 Å².